The summed E-state index contributed by atoms with van der Waals surface area (Å²) in [4.78, 5) is 20.5. The van der Waals surface area contributed by atoms with E-state index in [2.05, 4.69) is 16.6 Å². The minimum absolute atomic E-state index is 0.433. The molecule has 4 heteroatoms. The number of ether oxygens (including phenoxy) is 2. The van der Waals surface area contributed by atoms with E-state index in [-0.39, 0.29) is 0 Å². The van der Waals surface area contributed by atoms with Gasteiger partial charge in [-0.05, 0) is 25.7 Å². The van der Waals surface area contributed by atoms with Crippen LogP contribution in [0.15, 0.2) is 0 Å². The third-order valence-electron chi connectivity index (χ3n) is 0.937. The highest BCUT2D eigenvalue weighted by atomic mass is 16.7. The van der Waals surface area contributed by atoms with E-state index < -0.39 is 11.8 Å². The molecule has 0 rings (SSSR count). The van der Waals surface area contributed by atoms with Crippen LogP contribution in [-0.4, -0.2) is 25.2 Å². The standard InChI is InChI=1S/C8H10O4/c1-8(2,5-4-6-9)12-7(10)11-3/h6H,1-3H3. The highest BCUT2D eigenvalue weighted by molar-refractivity contribution is 5.73. The van der Waals surface area contributed by atoms with E-state index in [0.29, 0.717) is 6.29 Å². The zero-order valence-electron chi connectivity index (χ0n) is 7.21. The molecule has 0 aliphatic carbocycles. The first-order chi connectivity index (χ1) is 5.52. The molecule has 0 bridgehead atoms. The molecule has 0 radical (unpaired) electrons. The maximum Gasteiger partial charge on any atom is 0.509 e. The Kier molecular flexibility index (Phi) is 3.84. The minimum Gasteiger partial charge on any atom is -0.438 e. The van der Waals surface area contributed by atoms with Gasteiger partial charge in [0, 0.05) is 0 Å². The Morgan fingerprint density at radius 3 is 2.50 bits per heavy atom. The van der Waals surface area contributed by atoms with Crippen molar-refractivity contribution >= 4 is 12.4 Å². The Hall–Kier alpha value is -1.50. The van der Waals surface area contributed by atoms with Gasteiger partial charge in [0.1, 0.15) is 0 Å². The van der Waals surface area contributed by atoms with Crippen molar-refractivity contribution in [3.63, 3.8) is 0 Å². The fraction of sp³-hybridized carbons (Fsp3) is 0.500. The molecule has 0 atom stereocenters. The van der Waals surface area contributed by atoms with Crippen molar-refractivity contribution < 1.29 is 19.1 Å². The Labute approximate surface area is 70.8 Å². The lowest BCUT2D eigenvalue weighted by molar-refractivity contribution is -0.103. The number of aldehydes is 1. The van der Waals surface area contributed by atoms with Crippen molar-refractivity contribution in [2.75, 3.05) is 7.11 Å². The number of methoxy groups -OCH3 is 1. The summed E-state index contributed by atoms with van der Waals surface area (Å²) >= 11 is 0. The first kappa shape index (κ1) is 10.5. The molecule has 0 aromatic heterocycles. The van der Waals surface area contributed by atoms with Gasteiger partial charge >= 0.3 is 6.16 Å². The van der Waals surface area contributed by atoms with Crippen LogP contribution >= 0.6 is 0 Å². The highest BCUT2D eigenvalue weighted by Gasteiger charge is 2.19. The second-order valence-electron chi connectivity index (χ2n) is 2.45. The van der Waals surface area contributed by atoms with Crippen LogP contribution in [0.4, 0.5) is 4.79 Å². The number of carbonyl (C=O) groups excluding carboxylic acids is 2. The Morgan fingerprint density at radius 2 is 2.08 bits per heavy atom. The van der Waals surface area contributed by atoms with Crippen molar-refractivity contribution in [2.45, 2.75) is 19.4 Å². The molecule has 0 spiro atoms. The summed E-state index contributed by atoms with van der Waals surface area (Å²) in [5.74, 6) is 4.59. The van der Waals surface area contributed by atoms with Crippen LogP contribution in [0.5, 0.6) is 0 Å². The first-order valence-electron chi connectivity index (χ1n) is 3.25. The molecule has 0 aromatic carbocycles. The molecular formula is C8H10O4. The predicted molar refractivity (Wildman–Crippen MR) is 41.4 cm³/mol. The van der Waals surface area contributed by atoms with E-state index in [1.54, 1.807) is 13.8 Å². The van der Waals surface area contributed by atoms with Gasteiger partial charge in [0.2, 0.25) is 0 Å². The van der Waals surface area contributed by atoms with Crippen LogP contribution in [0.1, 0.15) is 13.8 Å². The summed E-state index contributed by atoms with van der Waals surface area (Å²) < 4.78 is 8.94. The topological polar surface area (TPSA) is 52.6 Å². The van der Waals surface area contributed by atoms with E-state index in [4.69, 9.17) is 4.74 Å². The lowest BCUT2D eigenvalue weighted by atomic mass is 10.1. The van der Waals surface area contributed by atoms with Crippen LogP contribution in [-0.2, 0) is 14.3 Å². The van der Waals surface area contributed by atoms with Crippen LogP contribution in [0.3, 0.4) is 0 Å². The van der Waals surface area contributed by atoms with Crippen LogP contribution in [0.2, 0.25) is 0 Å². The molecule has 12 heavy (non-hydrogen) atoms. The summed E-state index contributed by atoms with van der Waals surface area (Å²) in [6, 6.07) is 0. The molecule has 0 saturated carbocycles. The molecule has 0 fully saturated rings. The average Bonchev–Trinajstić information content (AvgIpc) is 2.00. The quantitative estimate of drug-likeness (QED) is 0.331. The minimum atomic E-state index is -0.992. The monoisotopic (exact) mass is 170 g/mol. The Balaban J connectivity index is 4.21. The van der Waals surface area contributed by atoms with Gasteiger partial charge in [0.15, 0.2) is 11.9 Å². The number of rotatable bonds is 1. The normalized spacial score (nSPS) is 9.25. The molecular weight excluding hydrogens is 160 g/mol. The summed E-state index contributed by atoms with van der Waals surface area (Å²) in [5, 5.41) is 0. The largest absolute Gasteiger partial charge is 0.509 e. The molecule has 0 unspecified atom stereocenters. The second-order valence-corrected chi connectivity index (χ2v) is 2.45. The molecule has 0 aliphatic heterocycles. The van der Waals surface area contributed by atoms with Crippen LogP contribution < -0.4 is 0 Å². The van der Waals surface area contributed by atoms with Crippen molar-refractivity contribution in [1.29, 1.82) is 0 Å². The molecule has 0 saturated heterocycles. The second kappa shape index (κ2) is 4.39. The summed E-state index contributed by atoms with van der Waals surface area (Å²) in [5.41, 5.74) is -0.992. The smallest absolute Gasteiger partial charge is 0.438 e. The summed E-state index contributed by atoms with van der Waals surface area (Å²) in [6.07, 6.45) is -0.386. The molecule has 0 heterocycles. The van der Waals surface area contributed by atoms with Gasteiger partial charge < -0.3 is 9.47 Å². The SMILES string of the molecule is COC(=O)OC(C)(C)C#CC=O. The van der Waals surface area contributed by atoms with E-state index in [1.165, 1.54) is 7.11 Å². The van der Waals surface area contributed by atoms with E-state index in [0.717, 1.165) is 0 Å². The van der Waals surface area contributed by atoms with Gasteiger partial charge in [-0.2, -0.15) is 0 Å². The molecule has 0 aliphatic rings. The van der Waals surface area contributed by atoms with Gasteiger partial charge in [-0.3, -0.25) is 4.79 Å². The average molecular weight is 170 g/mol. The molecule has 66 valence electrons. The van der Waals surface area contributed by atoms with Crippen LogP contribution in [0.25, 0.3) is 0 Å². The lowest BCUT2D eigenvalue weighted by Gasteiger charge is -2.16. The van der Waals surface area contributed by atoms with Crippen molar-refractivity contribution in [1.82, 2.24) is 0 Å². The molecule has 0 N–H and O–H groups in total. The third kappa shape index (κ3) is 4.34. The van der Waals surface area contributed by atoms with Gasteiger partial charge in [-0.1, -0.05) is 0 Å². The molecule has 0 amide bonds. The number of carbonyl (C=O) groups is 2. The zero-order chi connectivity index (χ0) is 9.61. The number of hydrogen-bond acceptors (Lipinski definition) is 4. The Bertz CT molecular complexity index is 231. The zero-order valence-corrected chi connectivity index (χ0v) is 7.21. The van der Waals surface area contributed by atoms with E-state index >= 15 is 0 Å². The highest BCUT2D eigenvalue weighted by Crippen LogP contribution is 2.07. The van der Waals surface area contributed by atoms with Gasteiger partial charge in [0.25, 0.3) is 0 Å². The van der Waals surface area contributed by atoms with E-state index in [9.17, 15) is 9.59 Å². The van der Waals surface area contributed by atoms with E-state index in [1.807, 2.05) is 0 Å². The fourth-order valence-corrected chi connectivity index (χ4v) is 0.479. The van der Waals surface area contributed by atoms with Gasteiger partial charge in [0.05, 0.1) is 7.11 Å². The van der Waals surface area contributed by atoms with Crippen LogP contribution in [0, 0.1) is 11.8 Å². The van der Waals surface area contributed by atoms with Gasteiger partial charge in [-0.25, -0.2) is 4.79 Å². The van der Waals surface area contributed by atoms with Crippen molar-refractivity contribution in [2.24, 2.45) is 0 Å². The molecule has 0 aromatic rings. The summed E-state index contributed by atoms with van der Waals surface area (Å²) in [6.45, 7) is 3.11. The van der Waals surface area contributed by atoms with Crippen molar-refractivity contribution in [3.05, 3.63) is 0 Å². The summed E-state index contributed by atoms with van der Waals surface area (Å²) in [7, 11) is 1.20. The maximum absolute atomic E-state index is 10.6. The Morgan fingerprint density at radius 1 is 1.50 bits per heavy atom. The van der Waals surface area contributed by atoms with Crippen molar-refractivity contribution in [3.8, 4) is 11.8 Å². The fourth-order valence-electron chi connectivity index (χ4n) is 0.479. The predicted octanol–water partition coefficient (Wildman–Crippen LogP) is 0.750. The maximum atomic E-state index is 10.6. The first-order valence-corrected chi connectivity index (χ1v) is 3.25. The van der Waals surface area contributed by atoms with Gasteiger partial charge in [-0.15, -0.1) is 0 Å². The number of hydrogen-bond donors (Lipinski definition) is 0. The third-order valence-corrected chi connectivity index (χ3v) is 0.937. The lowest BCUT2D eigenvalue weighted by Crippen LogP contribution is -2.26. The molecule has 4 nitrogen and oxygen atoms in total.